The van der Waals surface area contributed by atoms with E-state index in [0.29, 0.717) is 18.2 Å². The Hall–Kier alpha value is -2.31. The molecule has 0 saturated carbocycles. The molecular formula is C11H7F3N2O2. The topological polar surface area (TPSA) is 62.0 Å². The minimum atomic E-state index is -4.61. The van der Waals surface area contributed by atoms with Gasteiger partial charge in [0.2, 0.25) is 12.0 Å². The summed E-state index contributed by atoms with van der Waals surface area (Å²) in [4.78, 5) is 23.7. The fraction of sp³-hybridized carbons (Fsp3) is 0.0909. The van der Waals surface area contributed by atoms with Crippen LogP contribution in [0.5, 0.6) is 0 Å². The van der Waals surface area contributed by atoms with Crippen LogP contribution in [0, 0.1) is 0 Å². The van der Waals surface area contributed by atoms with Gasteiger partial charge in [-0.05, 0) is 12.1 Å². The van der Waals surface area contributed by atoms with Crippen LogP contribution in [-0.2, 0) is 11.0 Å². The SMILES string of the molecule is O=CNc1ccc2c(C(F)(F)F)cc(=O)[nH]c2c1. The number of H-pyrrole nitrogens is 1. The van der Waals surface area contributed by atoms with Crippen LogP contribution < -0.4 is 10.9 Å². The Morgan fingerprint density at radius 3 is 2.56 bits per heavy atom. The monoisotopic (exact) mass is 256 g/mol. The highest BCUT2D eigenvalue weighted by atomic mass is 19.4. The van der Waals surface area contributed by atoms with Crippen molar-refractivity contribution in [2.45, 2.75) is 6.18 Å². The fourth-order valence-corrected chi connectivity index (χ4v) is 1.65. The molecule has 0 aliphatic carbocycles. The van der Waals surface area contributed by atoms with Gasteiger partial charge in [-0.15, -0.1) is 0 Å². The van der Waals surface area contributed by atoms with Crippen LogP contribution in [0.2, 0.25) is 0 Å². The summed E-state index contributed by atoms with van der Waals surface area (Å²) in [6, 6.07) is 4.29. The minimum Gasteiger partial charge on any atom is -0.329 e. The lowest BCUT2D eigenvalue weighted by Crippen LogP contribution is -2.14. The number of nitrogens with one attached hydrogen (secondary N) is 2. The number of anilines is 1. The zero-order valence-electron chi connectivity index (χ0n) is 8.84. The van der Waals surface area contributed by atoms with Crippen LogP contribution in [-0.4, -0.2) is 11.4 Å². The third kappa shape index (κ3) is 2.20. The maximum Gasteiger partial charge on any atom is 0.417 e. The summed E-state index contributed by atoms with van der Waals surface area (Å²) in [5.74, 6) is 0. The number of alkyl halides is 3. The molecule has 1 aromatic heterocycles. The third-order valence-electron chi connectivity index (χ3n) is 2.37. The van der Waals surface area contributed by atoms with Gasteiger partial charge in [-0.2, -0.15) is 13.2 Å². The van der Waals surface area contributed by atoms with E-state index in [1.807, 2.05) is 0 Å². The summed E-state index contributed by atoms with van der Waals surface area (Å²) in [5, 5.41) is 2.17. The number of halogens is 3. The first-order valence-corrected chi connectivity index (χ1v) is 4.86. The quantitative estimate of drug-likeness (QED) is 0.808. The van der Waals surface area contributed by atoms with E-state index in [9.17, 15) is 22.8 Å². The lowest BCUT2D eigenvalue weighted by molar-refractivity contribution is -0.136. The molecule has 4 nitrogen and oxygen atoms in total. The van der Waals surface area contributed by atoms with Crippen LogP contribution >= 0.6 is 0 Å². The Balaban J connectivity index is 2.74. The highest BCUT2D eigenvalue weighted by Crippen LogP contribution is 2.33. The van der Waals surface area contributed by atoms with Crippen molar-refractivity contribution in [3.05, 3.63) is 40.2 Å². The fourth-order valence-electron chi connectivity index (χ4n) is 1.65. The van der Waals surface area contributed by atoms with E-state index >= 15 is 0 Å². The molecule has 1 heterocycles. The zero-order chi connectivity index (χ0) is 13.3. The van der Waals surface area contributed by atoms with Gasteiger partial charge in [-0.1, -0.05) is 6.07 Å². The van der Waals surface area contributed by atoms with Crippen molar-refractivity contribution in [2.24, 2.45) is 0 Å². The summed E-state index contributed by atoms with van der Waals surface area (Å²) in [7, 11) is 0. The smallest absolute Gasteiger partial charge is 0.329 e. The molecule has 0 aliphatic rings. The summed E-state index contributed by atoms with van der Waals surface area (Å²) < 4.78 is 38.2. The molecule has 1 aromatic carbocycles. The van der Waals surface area contributed by atoms with Crippen molar-refractivity contribution in [1.29, 1.82) is 0 Å². The lowest BCUT2D eigenvalue weighted by Gasteiger charge is -2.10. The van der Waals surface area contributed by atoms with Crippen LogP contribution in [0.4, 0.5) is 18.9 Å². The van der Waals surface area contributed by atoms with Crippen LogP contribution in [0.25, 0.3) is 10.9 Å². The number of hydrogen-bond acceptors (Lipinski definition) is 2. The number of hydrogen-bond donors (Lipinski definition) is 2. The zero-order valence-corrected chi connectivity index (χ0v) is 8.84. The molecule has 2 rings (SSSR count). The average molecular weight is 256 g/mol. The van der Waals surface area contributed by atoms with Gasteiger partial charge in [-0.3, -0.25) is 9.59 Å². The number of aromatic amines is 1. The molecule has 2 N–H and O–H groups in total. The van der Waals surface area contributed by atoms with Gasteiger partial charge in [0.25, 0.3) is 0 Å². The largest absolute Gasteiger partial charge is 0.417 e. The van der Waals surface area contributed by atoms with Crippen LogP contribution in [0.1, 0.15) is 5.56 Å². The lowest BCUT2D eigenvalue weighted by atomic mass is 10.1. The first kappa shape index (κ1) is 12.2. The van der Waals surface area contributed by atoms with Gasteiger partial charge in [-0.25, -0.2) is 0 Å². The molecule has 0 bridgehead atoms. The molecule has 7 heteroatoms. The summed E-state index contributed by atoms with van der Waals surface area (Å²) in [6.07, 6.45) is -4.21. The van der Waals surface area contributed by atoms with E-state index in [2.05, 4.69) is 10.3 Å². The molecule has 0 fully saturated rings. The third-order valence-corrected chi connectivity index (χ3v) is 2.37. The summed E-state index contributed by atoms with van der Waals surface area (Å²) in [6.45, 7) is 0. The molecule has 0 spiro atoms. The second kappa shape index (κ2) is 4.17. The highest BCUT2D eigenvalue weighted by Gasteiger charge is 2.33. The average Bonchev–Trinajstić information content (AvgIpc) is 2.26. The molecule has 94 valence electrons. The van der Waals surface area contributed by atoms with E-state index in [4.69, 9.17) is 0 Å². The van der Waals surface area contributed by atoms with Gasteiger partial charge in [0.05, 0.1) is 11.1 Å². The summed E-state index contributed by atoms with van der Waals surface area (Å²) in [5.41, 5.74) is -1.54. The number of carbonyl (C=O) groups excluding carboxylic acids is 1. The Morgan fingerprint density at radius 2 is 1.94 bits per heavy atom. The van der Waals surface area contributed by atoms with Gasteiger partial charge >= 0.3 is 6.18 Å². The highest BCUT2D eigenvalue weighted by molar-refractivity contribution is 5.87. The molecule has 0 aliphatic heterocycles. The molecule has 0 radical (unpaired) electrons. The predicted molar refractivity (Wildman–Crippen MR) is 59.3 cm³/mol. The Bertz CT molecular complexity index is 661. The van der Waals surface area contributed by atoms with Crippen molar-refractivity contribution in [1.82, 2.24) is 4.98 Å². The summed E-state index contributed by atoms with van der Waals surface area (Å²) >= 11 is 0. The van der Waals surface area contributed by atoms with Crippen molar-refractivity contribution in [3.8, 4) is 0 Å². The Kier molecular flexibility index (Phi) is 2.82. The van der Waals surface area contributed by atoms with E-state index in [0.717, 1.165) is 0 Å². The number of carbonyl (C=O) groups is 1. The van der Waals surface area contributed by atoms with Crippen molar-refractivity contribution in [2.75, 3.05) is 5.32 Å². The molecule has 2 aromatic rings. The van der Waals surface area contributed by atoms with Gasteiger partial charge in [0, 0.05) is 17.1 Å². The Labute approximate surface area is 98.4 Å². The number of benzene rings is 1. The van der Waals surface area contributed by atoms with Crippen molar-refractivity contribution in [3.63, 3.8) is 0 Å². The van der Waals surface area contributed by atoms with Gasteiger partial charge in [0.15, 0.2) is 0 Å². The van der Waals surface area contributed by atoms with Crippen molar-refractivity contribution < 1.29 is 18.0 Å². The maximum absolute atomic E-state index is 12.7. The van der Waals surface area contributed by atoms with E-state index < -0.39 is 17.3 Å². The number of amides is 1. The second-order valence-electron chi connectivity index (χ2n) is 3.57. The van der Waals surface area contributed by atoms with Crippen molar-refractivity contribution >= 4 is 23.0 Å². The van der Waals surface area contributed by atoms with Crippen LogP contribution in [0.3, 0.4) is 0 Å². The first-order chi connectivity index (χ1) is 8.41. The van der Waals surface area contributed by atoms with E-state index in [-0.39, 0.29) is 10.9 Å². The minimum absolute atomic E-state index is 0.0154. The number of rotatable bonds is 2. The van der Waals surface area contributed by atoms with E-state index in [1.165, 1.54) is 18.2 Å². The van der Waals surface area contributed by atoms with Gasteiger partial charge < -0.3 is 10.3 Å². The maximum atomic E-state index is 12.7. The molecular weight excluding hydrogens is 249 g/mol. The molecule has 0 unspecified atom stereocenters. The second-order valence-corrected chi connectivity index (χ2v) is 3.57. The number of aromatic nitrogens is 1. The van der Waals surface area contributed by atoms with E-state index in [1.54, 1.807) is 0 Å². The predicted octanol–water partition coefficient (Wildman–Crippen LogP) is 2.12. The molecule has 0 saturated heterocycles. The first-order valence-electron chi connectivity index (χ1n) is 4.86. The van der Waals surface area contributed by atoms with Crippen LogP contribution in [0.15, 0.2) is 29.1 Å². The Morgan fingerprint density at radius 1 is 1.22 bits per heavy atom. The molecule has 0 atom stereocenters. The standard InChI is InChI=1S/C11H7F3N2O2/c12-11(13,14)8-4-10(18)16-9-3-6(15-5-17)1-2-7(8)9/h1-5H,(H,15,17)(H,16,18). The molecule has 1 amide bonds. The number of pyridine rings is 1. The van der Waals surface area contributed by atoms with Gasteiger partial charge in [0.1, 0.15) is 0 Å². The number of fused-ring (bicyclic) bond motifs is 1. The molecule has 18 heavy (non-hydrogen) atoms. The normalized spacial score (nSPS) is 11.5.